The first-order valence-electron chi connectivity index (χ1n) is 9.25. The Bertz CT molecular complexity index is 1130. The molecule has 2 heterocycles. The Morgan fingerprint density at radius 3 is 2.62 bits per heavy atom. The molecule has 0 aliphatic rings. The van der Waals surface area contributed by atoms with Crippen LogP contribution in [0.1, 0.15) is 11.3 Å². The van der Waals surface area contributed by atoms with E-state index in [-0.39, 0.29) is 11.7 Å². The molecule has 0 bridgehead atoms. The van der Waals surface area contributed by atoms with Gasteiger partial charge >= 0.3 is 0 Å². The number of anilines is 1. The molecule has 146 valence electrons. The van der Waals surface area contributed by atoms with Crippen LogP contribution in [0.15, 0.2) is 78.2 Å². The summed E-state index contributed by atoms with van der Waals surface area (Å²) in [5, 5.41) is 8.23. The Labute approximate surface area is 173 Å². The van der Waals surface area contributed by atoms with Crippen molar-refractivity contribution in [3.63, 3.8) is 0 Å². The normalized spacial score (nSPS) is 10.8. The minimum Gasteiger partial charge on any atom is -0.310 e. The lowest BCUT2D eigenvalue weighted by Gasteiger charge is -2.10. The Morgan fingerprint density at radius 2 is 1.83 bits per heavy atom. The highest BCUT2D eigenvalue weighted by Crippen LogP contribution is 2.22. The smallest absolute Gasteiger partial charge is 0.236 e. The van der Waals surface area contributed by atoms with Crippen molar-refractivity contribution in [1.82, 2.24) is 19.3 Å². The summed E-state index contributed by atoms with van der Waals surface area (Å²) in [6.07, 6.45) is 3.65. The molecule has 0 radical (unpaired) electrons. The van der Waals surface area contributed by atoms with E-state index in [0.29, 0.717) is 5.82 Å². The molecule has 0 fully saturated rings. The van der Waals surface area contributed by atoms with Crippen molar-refractivity contribution in [2.24, 2.45) is 0 Å². The van der Waals surface area contributed by atoms with Crippen LogP contribution in [0, 0.1) is 13.8 Å². The van der Waals surface area contributed by atoms with Gasteiger partial charge in [0.15, 0.2) is 5.16 Å². The van der Waals surface area contributed by atoms with Crippen LogP contribution in [0.5, 0.6) is 0 Å². The van der Waals surface area contributed by atoms with Crippen molar-refractivity contribution in [1.29, 1.82) is 0 Å². The zero-order valence-electron chi connectivity index (χ0n) is 16.2. The van der Waals surface area contributed by atoms with Crippen LogP contribution in [-0.2, 0) is 4.79 Å². The number of imidazole rings is 1. The van der Waals surface area contributed by atoms with Gasteiger partial charge in [0.05, 0.1) is 17.1 Å². The van der Waals surface area contributed by atoms with Gasteiger partial charge in [0.2, 0.25) is 5.91 Å². The number of nitrogens with one attached hydrogen (secondary N) is 1. The number of para-hydroxylation sites is 1. The minimum atomic E-state index is -0.106. The van der Waals surface area contributed by atoms with Gasteiger partial charge in [-0.25, -0.2) is 9.67 Å². The number of thioether (sulfide) groups is 1. The lowest BCUT2D eigenvalue weighted by atomic mass is 10.2. The van der Waals surface area contributed by atoms with Crippen LogP contribution >= 0.6 is 11.8 Å². The summed E-state index contributed by atoms with van der Waals surface area (Å²) in [6.45, 7) is 3.96. The Balaban J connectivity index is 1.46. The predicted octanol–water partition coefficient (Wildman–Crippen LogP) is 4.41. The van der Waals surface area contributed by atoms with E-state index < -0.39 is 0 Å². The van der Waals surface area contributed by atoms with Gasteiger partial charge < -0.3 is 5.32 Å². The molecule has 0 unspecified atom stereocenters. The molecule has 0 aliphatic carbocycles. The Hall–Kier alpha value is -3.32. The van der Waals surface area contributed by atoms with Crippen molar-refractivity contribution in [2.75, 3.05) is 11.1 Å². The summed E-state index contributed by atoms with van der Waals surface area (Å²) in [4.78, 5) is 17.0. The number of carbonyl (C=O) groups excluding carboxylic acids is 1. The highest BCUT2D eigenvalue weighted by molar-refractivity contribution is 7.99. The molecular weight excluding hydrogens is 382 g/mol. The van der Waals surface area contributed by atoms with Crippen molar-refractivity contribution < 1.29 is 4.79 Å². The standard InChI is InChI=1S/C22H21N5OS/c1-16-7-6-10-19(13-16)26-12-11-23-22(26)29-15-21(28)24-20-14-17(2)25-27(20)18-8-4-3-5-9-18/h3-14H,15H2,1-2H3,(H,24,28). The zero-order chi connectivity index (χ0) is 20.2. The summed E-state index contributed by atoms with van der Waals surface area (Å²) in [5.41, 5.74) is 3.95. The second kappa shape index (κ2) is 8.36. The van der Waals surface area contributed by atoms with E-state index >= 15 is 0 Å². The lowest BCUT2D eigenvalue weighted by molar-refractivity contribution is -0.113. The minimum absolute atomic E-state index is 0.106. The molecular formula is C22H21N5OS. The molecule has 2 aromatic heterocycles. The zero-order valence-corrected chi connectivity index (χ0v) is 17.1. The maximum absolute atomic E-state index is 12.6. The average molecular weight is 404 g/mol. The van der Waals surface area contributed by atoms with Gasteiger partial charge in [0, 0.05) is 24.1 Å². The van der Waals surface area contributed by atoms with E-state index in [1.807, 2.05) is 66.2 Å². The van der Waals surface area contributed by atoms with E-state index in [9.17, 15) is 4.79 Å². The van der Waals surface area contributed by atoms with Crippen LogP contribution < -0.4 is 5.32 Å². The number of carbonyl (C=O) groups is 1. The Kier molecular flexibility index (Phi) is 5.48. The van der Waals surface area contributed by atoms with Gasteiger partial charge in [0.1, 0.15) is 5.82 Å². The largest absolute Gasteiger partial charge is 0.310 e. The number of hydrogen-bond acceptors (Lipinski definition) is 4. The Morgan fingerprint density at radius 1 is 1.03 bits per heavy atom. The summed E-state index contributed by atoms with van der Waals surface area (Å²) in [7, 11) is 0. The first-order chi connectivity index (χ1) is 14.1. The van der Waals surface area contributed by atoms with E-state index in [0.717, 1.165) is 22.2 Å². The average Bonchev–Trinajstić information content (AvgIpc) is 3.33. The quantitative estimate of drug-likeness (QED) is 0.485. The first-order valence-corrected chi connectivity index (χ1v) is 10.2. The molecule has 0 saturated carbocycles. The van der Waals surface area contributed by atoms with E-state index in [1.54, 1.807) is 10.9 Å². The molecule has 4 aromatic rings. The molecule has 0 saturated heterocycles. The molecule has 29 heavy (non-hydrogen) atoms. The van der Waals surface area contributed by atoms with Gasteiger partial charge in [-0.1, -0.05) is 42.1 Å². The highest BCUT2D eigenvalue weighted by Gasteiger charge is 2.13. The number of benzene rings is 2. The fourth-order valence-electron chi connectivity index (χ4n) is 3.03. The lowest BCUT2D eigenvalue weighted by Crippen LogP contribution is -2.17. The third-order valence-electron chi connectivity index (χ3n) is 4.32. The molecule has 6 nitrogen and oxygen atoms in total. The number of rotatable bonds is 6. The molecule has 1 amide bonds. The summed E-state index contributed by atoms with van der Waals surface area (Å²) >= 11 is 1.40. The predicted molar refractivity (Wildman–Crippen MR) is 116 cm³/mol. The molecule has 7 heteroatoms. The van der Waals surface area contributed by atoms with Crippen LogP contribution in [0.2, 0.25) is 0 Å². The molecule has 0 spiro atoms. The van der Waals surface area contributed by atoms with E-state index in [1.165, 1.54) is 17.3 Å². The third-order valence-corrected chi connectivity index (χ3v) is 5.29. The van der Waals surface area contributed by atoms with Gasteiger partial charge in [-0.05, 0) is 43.7 Å². The van der Waals surface area contributed by atoms with Crippen molar-refractivity contribution in [3.05, 3.63) is 84.3 Å². The summed E-state index contributed by atoms with van der Waals surface area (Å²) in [6, 6.07) is 19.8. The maximum Gasteiger partial charge on any atom is 0.236 e. The van der Waals surface area contributed by atoms with Crippen LogP contribution in [0.3, 0.4) is 0 Å². The van der Waals surface area contributed by atoms with E-state index in [2.05, 4.69) is 34.5 Å². The van der Waals surface area contributed by atoms with E-state index in [4.69, 9.17) is 0 Å². The monoisotopic (exact) mass is 403 g/mol. The fourth-order valence-corrected chi connectivity index (χ4v) is 3.81. The van der Waals surface area contributed by atoms with Crippen molar-refractivity contribution >= 4 is 23.5 Å². The number of hydrogen-bond donors (Lipinski definition) is 1. The number of aryl methyl sites for hydroxylation is 2. The summed E-state index contributed by atoms with van der Waals surface area (Å²) < 4.78 is 3.73. The van der Waals surface area contributed by atoms with Crippen molar-refractivity contribution in [2.45, 2.75) is 19.0 Å². The second-order valence-electron chi connectivity index (χ2n) is 6.67. The second-order valence-corrected chi connectivity index (χ2v) is 7.62. The van der Waals surface area contributed by atoms with Gasteiger partial charge in [-0.15, -0.1) is 0 Å². The van der Waals surface area contributed by atoms with Gasteiger partial charge in [-0.3, -0.25) is 9.36 Å². The van der Waals surface area contributed by atoms with Gasteiger partial charge in [-0.2, -0.15) is 5.10 Å². The fraction of sp³-hybridized carbons (Fsp3) is 0.136. The summed E-state index contributed by atoms with van der Waals surface area (Å²) in [5.74, 6) is 0.800. The SMILES string of the molecule is Cc1cccc(-n2ccnc2SCC(=O)Nc2cc(C)nn2-c2ccccc2)c1. The van der Waals surface area contributed by atoms with Crippen LogP contribution in [0.25, 0.3) is 11.4 Å². The number of amides is 1. The van der Waals surface area contributed by atoms with Crippen LogP contribution in [-0.4, -0.2) is 31.0 Å². The number of nitrogens with zero attached hydrogens (tertiary/aromatic N) is 4. The molecule has 0 atom stereocenters. The van der Waals surface area contributed by atoms with Crippen LogP contribution in [0.4, 0.5) is 5.82 Å². The maximum atomic E-state index is 12.6. The molecule has 2 aromatic carbocycles. The number of aromatic nitrogens is 4. The van der Waals surface area contributed by atoms with Crippen molar-refractivity contribution in [3.8, 4) is 11.4 Å². The highest BCUT2D eigenvalue weighted by atomic mass is 32.2. The molecule has 4 rings (SSSR count). The topological polar surface area (TPSA) is 64.7 Å². The van der Waals surface area contributed by atoms with Gasteiger partial charge in [0.25, 0.3) is 0 Å². The molecule has 1 N–H and O–H groups in total. The molecule has 0 aliphatic heterocycles. The first kappa shape index (κ1) is 19.0. The third kappa shape index (κ3) is 4.41.